The molecule has 0 fully saturated rings. The molecular weight excluding hydrogens is 308 g/mol. The van der Waals surface area contributed by atoms with Gasteiger partial charge in [0.25, 0.3) is 0 Å². The zero-order valence-electron chi connectivity index (χ0n) is 15.3. The van der Waals surface area contributed by atoms with Crippen molar-refractivity contribution in [3.05, 3.63) is 24.8 Å². The van der Waals surface area contributed by atoms with Gasteiger partial charge in [-0.15, -0.1) is 6.58 Å². The number of hydrogen-bond donors (Lipinski definition) is 0. The first-order valence-corrected chi connectivity index (χ1v) is 12.1. The zero-order chi connectivity index (χ0) is 17.9. The second-order valence-electron chi connectivity index (χ2n) is 6.82. The second kappa shape index (κ2) is 11.2. The molecule has 0 unspecified atom stereocenters. The number of hydrogen-bond acceptors (Lipinski definition) is 4. The topological polar surface area (TPSA) is 52.6 Å². The second-order valence-corrected chi connectivity index (χ2v) is 12.3. The van der Waals surface area contributed by atoms with E-state index < -0.39 is 31.8 Å². The maximum atomic E-state index is 12.3. The van der Waals surface area contributed by atoms with E-state index in [2.05, 4.69) is 26.2 Å². The molecule has 2 atom stereocenters. The largest absolute Gasteiger partial charge is 0.465 e. The van der Waals surface area contributed by atoms with Crippen molar-refractivity contribution in [1.29, 1.82) is 0 Å². The van der Waals surface area contributed by atoms with Gasteiger partial charge in [-0.1, -0.05) is 51.7 Å². The Morgan fingerprint density at radius 2 is 1.48 bits per heavy atom. The van der Waals surface area contributed by atoms with E-state index in [0.717, 1.165) is 18.9 Å². The number of ether oxygens (including phenoxy) is 2. The molecule has 0 saturated heterocycles. The average molecular weight is 341 g/mol. The third-order valence-corrected chi connectivity index (χ3v) is 4.62. The van der Waals surface area contributed by atoms with Gasteiger partial charge in [0.2, 0.25) is 0 Å². The summed E-state index contributed by atoms with van der Waals surface area (Å²) in [7, 11) is -1.26. The van der Waals surface area contributed by atoms with E-state index >= 15 is 0 Å². The van der Waals surface area contributed by atoms with Crippen LogP contribution in [0.15, 0.2) is 24.8 Å². The standard InChI is InChI=1S/C18H32O4Si/c1-7-12-21-17(19)15(9-3)16(18(20)22-13-8-2)11-10-14-23(4,5)6/h9-11,15-16H,3,7-8,12-14H2,1-2,4-6H3/b11-10+/t15-,16+/m1/s1. The summed E-state index contributed by atoms with van der Waals surface area (Å²) in [6, 6.07) is 0.943. The van der Waals surface area contributed by atoms with Crippen molar-refractivity contribution in [3.8, 4) is 0 Å². The first kappa shape index (κ1) is 21.6. The molecule has 0 aromatic rings. The van der Waals surface area contributed by atoms with Gasteiger partial charge in [0, 0.05) is 8.07 Å². The molecule has 0 bridgehead atoms. The fourth-order valence-electron chi connectivity index (χ4n) is 1.90. The Labute approximate surface area is 141 Å². The lowest BCUT2D eigenvalue weighted by Crippen LogP contribution is -2.30. The minimum atomic E-state index is -1.26. The molecule has 0 radical (unpaired) electrons. The summed E-state index contributed by atoms with van der Waals surface area (Å²) in [6.07, 6.45) is 6.75. The smallest absolute Gasteiger partial charge is 0.313 e. The Morgan fingerprint density at radius 3 is 1.87 bits per heavy atom. The molecule has 0 amide bonds. The van der Waals surface area contributed by atoms with Crippen LogP contribution >= 0.6 is 0 Å². The van der Waals surface area contributed by atoms with Crippen molar-refractivity contribution in [2.24, 2.45) is 11.8 Å². The Morgan fingerprint density at radius 1 is 1.00 bits per heavy atom. The van der Waals surface area contributed by atoms with Gasteiger partial charge in [0.05, 0.1) is 25.0 Å². The van der Waals surface area contributed by atoms with E-state index in [1.165, 1.54) is 6.08 Å². The number of esters is 2. The molecule has 0 spiro atoms. The highest BCUT2D eigenvalue weighted by molar-refractivity contribution is 6.76. The van der Waals surface area contributed by atoms with Crippen molar-refractivity contribution in [1.82, 2.24) is 0 Å². The molecule has 0 rings (SSSR count). The highest BCUT2D eigenvalue weighted by atomic mass is 28.3. The SMILES string of the molecule is C=C[C@@H](C(=O)OCCC)[C@H](/C=C/C[Si](C)(C)C)C(=O)OCCC. The molecular formula is C18H32O4Si. The molecule has 0 aliphatic heterocycles. The molecule has 23 heavy (non-hydrogen) atoms. The van der Waals surface area contributed by atoms with Gasteiger partial charge in [0.15, 0.2) is 0 Å². The molecule has 5 heteroatoms. The predicted molar refractivity (Wildman–Crippen MR) is 97.0 cm³/mol. The fraction of sp³-hybridized carbons (Fsp3) is 0.667. The third-order valence-electron chi connectivity index (χ3n) is 3.16. The molecule has 0 aliphatic carbocycles. The lowest BCUT2D eigenvalue weighted by Gasteiger charge is -2.20. The van der Waals surface area contributed by atoms with E-state index in [9.17, 15) is 9.59 Å². The van der Waals surface area contributed by atoms with E-state index in [-0.39, 0.29) is 0 Å². The maximum Gasteiger partial charge on any atom is 0.313 e. The van der Waals surface area contributed by atoms with Crippen LogP contribution in [-0.4, -0.2) is 33.2 Å². The monoisotopic (exact) mass is 340 g/mol. The first-order chi connectivity index (χ1) is 10.8. The Balaban J connectivity index is 5.16. The van der Waals surface area contributed by atoms with Crippen LogP contribution in [0.3, 0.4) is 0 Å². The summed E-state index contributed by atoms with van der Waals surface area (Å²) >= 11 is 0. The zero-order valence-corrected chi connectivity index (χ0v) is 16.3. The van der Waals surface area contributed by atoms with Gasteiger partial charge >= 0.3 is 11.9 Å². The average Bonchev–Trinajstić information content (AvgIpc) is 2.48. The van der Waals surface area contributed by atoms with Crippen LogP contribution in [0.4, 0.5) is 0 Å². The summed E-state index contributed by atoms with van der Waals surface area (Å²) in [5, 5.41) is 0. The number of carbonyl (C=O) groups is 2. The van der Waals surface area contributed by atoms with Crippen LogP contribution in [0.1, 0.15) is 26.7 Å². The van der Waals surface area contributed by atoms with E-state index in [1.54, 1.807) is 6.08 Å². The minimum Gasteiger partial charge on any atom is -0.465 e. The molecule has 132 valence electrons. The Bertz CT molecular complexity index is 410. The van der Waals surface area contributed by atoms with Crippen LogP contribution in [0.5, 0.6) is 0 Å². The van der Waals surface area contributed by atoms with Gasteiger partial charge in [-0.2, -0.15) is 0 Å². The fourth-order valence-corrected chi connectivity index (χ4v) is 2.74. The predicted octanol–water partition coefficient (Wildman–Crippen LogP) is 4.21. The summed E-state index contributed by atoms with van der Waals surface area (Å²) in [4.78, 5) is 24.5. The number of carbonyl (C=O) groups excluding carboxylic acids is 2. The molecule has 0 aromatic carbocycles. The normalized spacial score (nSPS) is 14.3. The van der Waals surface area contributed by atoms with Crippen LogP contribution in [0.2, 0.25) is 25.7 Å². The van der Waals surface area contributed by atoms with Gasteiger partial charge in [-0.25, -0.2) is 0 Å². The van der Waals surface area contributed by atoms with Gasteiger partial charge < -0.3 is 9.47 Å². The van der Waals surface area contributed by atoms with E-state index in [1.807, 2.05) is 19.9 Å². The summed E-state index contributed by atoms with van der Waals surface area (Å²) in [5.74, 6) is -2.18. The van der Waals surface area contributed by atoms with Gasteiger partial charge in [0.1, 0.15) is 0 Å². The molecule has 0 aromatic heterocycles. The lowest BCUT2D eigenvalue weighted by molar-refractivity contribution is -0.157. The van der Waals surface area contributed by atoms with Crippen LogP contribution in [0.25, 0.3) is 0 Å². The van der Waals surface area contributed by atoms with Crippen LogP contribution in [0, 0.1) is 11.8 Å². The summed E-state index contributed by atoms with van der Waals surface area (Å²) in [5.41, 5.74) is 0. The van der Waals surface area contributed by atoms with Crippen LogP contribution < -0.4 is 0 Å². The van der Waals surface area contributed by atoms with Gasteiger partial charge in [-0.05, 0) is 18.9 Å². The van der Waals surface area contributed by atoms with Gasteiger partial charge in [-0.3, -0.25) is 9.59 Å². The Hall–Kier alpha value is -1.36. The highest BCUT2D eigenvalue weighted by Gasteiger charge is 2.32. The first-order valence-electron chi connectivity index (χ1n) is 8.39. The van der Waals surface area contributed by atoms with E-state index in [0.29, 0.717) is 13.2 Å². The maximum absolute atomic E-state index is 12.3. The molecule has 0 N–H and O–H groups in total. The van der Waals surface area contributed by atoms with Crippen molar-refractivity contribution in [3.63, 3.8) is 0 Å². The summed E-state index contributed by atoms with van der Waals surface area (Å²) in [6.45, 7) is 15.0. The Kier molecular flexibility index (Phi) is 10.6. The quantitative estimate of drug-likeness (QED) is 0.321. The van der Waals surface area contributed by atoms with Crippen molar-refractivity contribution < 1.29 is 19.1 Å². The highest BCUT2D eigenvalue weighted by Crippen LogP contribution is 2.21. The third kappa shape index (κ3) is 9.38. The van der Waals surface area contributed by atoms with Crippen molar-refractivity contribution >= 4 is 20.0 Å². The number of rotatable bonds is 11. The van der Waals surface area contributed by atoms with Crippen molar-refractivity contribution in [2.75, 3.05) is 13.2 Å². The van der Waals surface area contributed by atoms with E-state index in [4.69, 9.17) is 9.47 Å². The van der Waals surface area contributed by atoms with Crippen LogP contribution in [-0.2, 0) is 19.1 Å². The number of allylic oxidation sites excluding steroid dienone is 1. The molecule has 0 aliphatic rings. The molecule has 4 nitrogen and oxygen atoms in total. The minimum absolute atomic E-state index is 0.346. The lowest BCUT2D eigenvalue weighted by atomic mass is 9.92. The molecule has 0 saturated carbocycles. The summed E-state index contributed by atoms with van der Waals surface area (Å²) < 4.78 is 10.4. The molecule has 0 heterocycles. The van der Waals surface area contributed by atoms with Crippen molar-refractivity contribution in [2.45, 2.75) is 52.4 Å².